The number of ether oxygens (including phenoxy) is 1. The van der Waals surface area contributed by atoms with E-state index >= 15 is 0 Å². The minimum absolute atomic E-state index is 0.0870. The average molecular weight is 227 g/mol. The van der Waals surface area contributed by atoms with Crippen molar-refractivity contribution in [1.82, 2.24) is 4.90 Å². The van der Waals surface area contributed by atoms with Gasteiger partial charge >= 0.3 is 5.97 Å². The Balaban J connectivity index is 2.23. The van der Waals surface area contributed by atoms with Crippen LogP contribution in [0, 0.1) is 5.92 Å². The molecule has 1 aliphatic rings. The number of rotatable bonds is 5. The first-order valence-electron chi connectivity index (χ1n) is 6.10. The zero-order valence-electron chi connectivity index (χ0n) is 10.2. The van der Waals surface area contributed by atoms with Gasteiger partial charge in [0.05, 0.1) is 13.0 Å². The van der Waals surface area contributed by atoms with Crippen LogP contribution in [0.2, 0.25) is 0 Å². The van der Waals surface area contributed by atoms with Crippen molar-refractivity contribution >= 4 is 11.9 Å². The van der Waals surface area contributed by atoms with Gasteiger partial charge in [-0.05, 0) is 19.3 Å². The van der Waals surface area contributed by atoms with Crippen molar-refractivity contribution in [1.29, 1.82) is 0 Å². The van der Waals surface area contributed by atoms with Gasteiger partial charge in [0.15, 0.2) is 0 Å². The molecule has 1 fully saturated rings. The molecule has 1 heterocycles. The van der Waals surface area contributed by atoms with E-state index in [-0.39, 0.29) is 24.7 Å². The number of hydrogen-bond donors (Lipinski definition) is 0. The number of nitrogens with zero attached hydrogens (tertiary/aromatic N) is 1. The van der Waals surface area contributed by atoms with Gasteiger partial charge in [0.1, 0.15) is 0 Å². The molecule has 1 aliphatic heterocycles. The summed E-state index contributed by atoms with van der Waals surface area (Å²) in [6.45, 7) is 6.01. The van der Waals surface area contributed by atoms with Crippen LogP contribution in [-0.4, -0.2) is 36.5 Å². The first kappa shape index (κ1) is 13.0. The molecule has 1 saturated heterocycles. The predicted molar refractivity (Wildman–Crippen MR) is 60.8 cm³/mol. The monoisotopic (exact) mass is 227 g/mol. The normalized spacial score (nSPS) is 19.9. The van der Waals surface area contributed by atoms with Gasteiger partial charge in [-0.2, -0.15) is 0 Å². The van der Waals surface area contributed by atoms with Crippen LogP contribution < -0.4 is 0 Å². The van der Waals surface area contributed by atoms with E-state index in [1.165, 1.54) is 0 Å². The smallest absolute Gasteiger partial charge is 0.306 e. The van der Waals surface area contributed by atoms with Crippen LogP contribution >= 0.6 is 0 Å². The lowest BCUT2D eigenvalue weighted by Crippen LogP contribution is -2.29. The second-order valence-electron chi connectivity index (χ2n) is 4.21. The Labute approximate surface area is 96.9 Å². The topological polar surface area (TPSA) is 46.6 Å². The van der Waals surface area contributed by atoms with Crippen molar-refractivity contribution in [2.24, 2.45) is 5.92 Å². The predicted octanol–water partition coefficient (Wildman–Crippen LogP) is 1.59. The summed E-state index contributed by atoms with van der Waals surface area (Å²) in [4.78, 5) is 24.7. The maximum Gasteiger partial charge on any atom is 0.306 e. The molecule has 0 spiro atoms. The van der Waals surface area contributed by atoms with Crippen molar-refractivity contribution in [3.8, 4) is 0 Å². The van der Waals surface area contributed by atoms with E-state index in [0.29, 0.717) is 12.5 Å². The van der Waals surface area contributed by atoms with Crippen LogP contribution in [0.15, 0.2) is 0 Å². The van der Waals surface area contributed by atoms with Crippen LogP contribution in [0.1, 0.15) is 39.5 Å². The third-order valence-electron chi connectivity index (χ3n) is 3.06. The van der Waals surface area contributed by atoms with E-state index in [2.05, 4.69) is 6.92 Å². The SMILES string of the molecule is CCOC(=O)CCC(=O)N1CCC(CC)C1. The van der Waals surface area contributed by atoms with E-state index in [4.69, 9.17) is 4.74 Å². The Morgan fingerprint density at radius 3 is 2.62 bits per heavy atom. The van der Waals surface area contributed by atoms with E-state index in [1.807, 2.05) is 4.90 Å². The number of hydrogen-bond acceptors (Lipinski definition) is 3. The largest absolute Gasteiger partial charge is 0.466 e. The second kappa shape index (κ2) is 6.51. The van der Waals surface area contributed by atoms with Crippen LogP contribution in [0.25, 0.3) is 0 Å². The Kier molecular flexibility index (Phi) is 5.29. The lowest BCUT2D eigenvalue weighted by molar-refractivity contribution is -0.145. The summed E-state index contributed by atoms with van der Waals surface area (Å²) in [5.74, 6) is 0.456. The lowest BCUT2D eigenvalue weighted by Gasteiger charge is -2.15. The summed E-state index contributed by atoms with van der Waals surface area (Å²) in [6.07, 6.45) is 2.72. The van der Waals surface area contributed by atoms with E-state index < -0.39 is 0 Å². The fourth-order valence-corrected chi connectivity index (χ4v) is 1.99. The van der Waals surface area contributed by atoms with Gasteiger partial charge in [0.2, 0.25) is 5.91 Å². The summed E-state index contributed by atoms with van der Waals surface area (Å²) in [5.41, 5.74) is 0. The fourth-order valence-electron chi connectivity index (χ4n) is 1.99. The third-order valence-corrected chi connectivity index (χ3v) is 3.06. The highest BCUT2D eigenvalue weighted by Gasteiger charge is 2.24. The lowest BCUT2D eigenvalue weighted by atomic mass is 10.1. The van der Waals surface area contributed by atoms with Gasteiger partial charge in [-0.15, -0.1) is 0 Å². The Morgan fingerprint density at radius 2 is 2.06 bits per heavy atom. The summed E-state index contributed by atoms with van der Waals surface area (Å²) in [7, 11) is 0. The molecule has 92 valence electrons. The van der Waals surface area contributed by atoms with Crippen LogP contribution in [0.4, 0.5) is 0 Å². The van der Waals surface area contributed by atoms with Crippen molar-refractivity contribution in [3.63, 3.8) is 0 Å². The van der Waals surface area contributed by atoms with Gasteiger partial charge < -0.3 is 9.64 Å². The van der Waals surface area contributed by atoms with Crippen LogP contribution in [0.3, 0.4) is 0 Å². The molecule has 1 amide bonds. The molecular weight excluding hydrogens is 206 g/mol. The molecule has 1 rings (SSSR count). The first-order valence-corrected chi connectivity index (χ1v) is 6.10. The van der Waals surface area contributed by atoms with E-state index in [1.54, 1.807) is 6.92 Å². The highest BCUT2D eigenvalue weighted by Crippen LogP contribution is 2.19. The molecule has 0 aromatic heterocycles. The summed E-state index contributed by atoms with van der Waals surface area (Å²) < 4.78 is 4.79. The molecule has 4 heteroatoms. The highest BCUT2D eigenvalue weighted by molar-refractivity contribution is 5.81. The number of esters is 1. The molecule has 0 aromatic carbocycles. The molecule has 0 aliphatic carbocycles. The Morgan fingerprint density at radius 1 is 1.31 bits per heavy atom. The van der Waals surface area contributed by atoms with Gasteiger partial charge in [-0.1, -0.05) is 13.3 Å². The minimum atomic E-state index is -0.276. The zero-order chi connectivity index (χ0) is 12.0. The minimum Gasteiger partial charge on any atom is -0.466 e. The molecule has 0 bridgehead atoms. The van der Waals surface area contributed by atoms with Crippen molar-refractivity contribution in [2.45, 2.75) is 39.5 Å². The quantitative estimate of drug-likeness (QED) is 0.670. The molecule has 0 saturated carbocycles. The standard InChI is InChI=1S/C12H21NO3/c1-3-10-7-8-13(9-10)11(14)5-6-12(15)16-4-2/h10H,3-9H2,1-2H3. The fraction of sp³-hybridized carbons (Fsp3) is 0.833. The van der Waals surface area contributed by atoms with Crippen molar-refractivity contribution in [3.05, 3.63) is 0 Å². The molecular formula is C12H21NO3. The summed E-state index contributed by atoms with van der Waals surface area (Å²) in [6, 6.07) is 0. The van der Waals surface area contributed by atoms with Crippen molar-refractivity contribution in [2.75, 3.05) is 19.7 Å². The first-order chi connectivity index (χ1) is 7.67. The molecule has 4 nitrogen and oxygen atoms in total. The number of likely N-dealkylation sites (tertiary alicyclic amines) is 1. The number of carbonyl (C=O) groups is 2. The molecule has 16 heavy (non-hydrogen) atoms. The second-order valence-corrected chi connectivity index (χ2v) is 4.21. The van der Waals surface area contributed by atoms with Gasteiger partial charge in [0, 0.05) is 19.5 Å². The molecule has 0 N–H and O–H groups in total. The van der Waals surface area contributed by atoms with Crippen LogP contribution in [0.5, 0.6) is 0 Å². The van der Waals surface area contributed by atoms with Crippen LogP contribution in [-0.2, 0) is 14.3 Å². The Bertz CT molecular complexity index is 253. The number of amides is 1. The van der Waals surface area contributed by atoms with Gasteiger partial charge in [-0.3, -0.25) is 9.59 Å². The zero-order valence-corrected chi connectivity index (χ0v) is 10.2. The third kappa shape index (κ3) is 3.83. The van der Waals surface area contributed by atoms with Gasteiger partial charge in [0.25, 0.3) is 0 Å². The van der Waals surface area contributed by atoms with E-state index in [0.717, 1.165) is 25.9 Å². The molecule has 0 aromatic rings. The highest BCUT2D eigenvalue weighted by atomic mass is 16.5. The maximum absolute atomic E-state index is 11.7. The summed E-state index contributed by atoms with van der Waals surface area (Å²) in [5, 5.41) is 0. The average Bonchev–Trinajstić information content (AvgIpc) is 2.75. The molecule has 0 radical (unpaired) electrons. The number of carbonyl (C=O) groups excluding carboxylic acids is 2. The van der Waals surface area contributed by atoms with Crippen molar-refractivity contribution < 1.29 is 14.3 Å². The molecule has 1 atom stereocenters. The Hall–Kier alpha value is -1.06. The summed E-state index contributed by atoms with van der Waals surface area (Å²) >= 11 is 0. The van der Waals surface area contributed by atoms with E-state index in [9.17, 15) is 9.59 Å². The maximum atomic E-state index is 11.7. The molecule has 1 unspecified atom stereocenters. The van der Waals surface area contributed by atoms with Gasteiger partial charge in [-0.25, -0.2) is 0 Å².